The second-order valence-electron chi connectivity index (χ2n) is 6.85. The topological polar surface area (TPSA) is 56.1 Å². The molecule has 4 nitrogen and oxygen atoms in total. The van der Waals surface area contributed by atoms with Crippen LogP contribution in [0, 0.1) is 28.9 Å². The van der Waals surface area contributed by atoms with E-state index in [-0.39, 0.29) is 12.2 Å². The summed E-state index contributed by atoms with van der Waals surface area (Å²) in [5.41, 5.74) is -0.606. The number of nitriles is 1. The van der Waals surface area contributed by atoms with Crippen molar-refractivity contribution in [1.82, 2.24) is 0 Å². The number of halogens is 5. The van der Waals surface area contributed by atoms with Crippen molar-refractivity contribution in [3.05, 3.63) is 58.7 Å². The van der Waals surface area contributed by atoms with Crippen LogP contribution in [0.1, 0.15) is 23.6 Å². The fourth-order valence-electron chi connectivity index (χ4n) is 3.27. The summed E-state index contributed by atoms with van der Waals surface area (Å²) in [5.74, 6) is -3.08. The molecule has 1 aliphatic rings. The number of carbonyl (C=O) groups is 1. The zero-order valence-electron chi connectivity index (χ0n) is 15.3. The van der Waals surface area contributed by atoms with Gasteiger partial charge in [-0.2, -0.15) is 18.4 Å². The van der Waals surface area contributed by atoms with E-state index in [1.165, 1.54) is 12.1 Å². The van der Waals surface area contributed by atoms with Gasteiger partial charge in [-0.25, -0.2) is 8.78 Å². The molecule has 1 amide bonds. The van der Waals surface area contributed by atoms with E-state index in [0.717, 1.165) is 18.2 Å². The molecule has 0 fully saturated rings. The molecule has 0 saturated heterocycles. The summed E-state index contributed by atoms with van der Waals surface area (Å²) >= 11 is 0. The highest BCUT2D eigenvalue weighted by Gasteiger charge is 2.34. The zero-order chi connectivity index (χ0) is 21.3. The molecule has 1 aliphatic heterocycles. The van der Waals surface area contributed by atoms with Crippen LogP contribution in [0.3, 0.4) is 0 Å². The molecule has 0 unspecified atom stereocenters. The Labute approximate surface area is 163 Å². The molecule has 0 aromatic heterocycles. The van der Waals surface area contributed by atoms with E-state index in [4.69, 9.17) is 5.26 Å². The largest absolute Gasteiger partial charge is 0.417 e. The van der Waals surface area contributed by atoms with Gasteiger partial charge < -0.3 is 10.2 Å². The summed E-state index contributed by atoms with van der Waals surface area (Å²) in [6.45, 7) is 2.25. The Bertz CT molecular complexity index is 997. The van der Waals surface area contributed by atoms with Crippen molar-refractivity contribution in [1.29, 1.82) is 5.26 Å². The highest BCUT2D eigenvalue weighted by Crippen LogP contribution is 2.34. The number of benzene rings is 2. The van der Waals surface area contributed by atoms with E-state index in [1.807, 2.05) is 0 Å². The van der Waals surface area contributed by atoms with Gasteiger partial charge in [-0.05, 0) is 36.2 Å². The molecule has 1 heterocycles. The third-order valence-electron chi connectivity index (χ3n) is 4.77. The average Bonchev–Trinajstić information content (AvgIpc) is 3.02. The molecular weight excluding hydrogens is 393 g/mol. The highest BCUT2D eigenvalue weighted by molar-refractivity contribution is 5.93. The van der Waals surface area contributed by atoms with Crippen LogP contribution in [-0.2, 0) is 17.4 Å². The van der Waals surface area contributed by atoms with E-state index in [2.05, 4.69) is 5.32 Å². The van der Waals surface area contributed by atoms with Gasteiger partial charge in [-0.15, -0.1) is 0 Å². The van der Waals surface area contributed by atoms with E-state index < -0.39 is 40.8 Å². The Morgan fingerprint density at radius 2 is 1.93 bits per heavy atom. The molecule has 3 rings (SSSR count). The van der Waals surface area contributed by atoms with Gasteiger partial charge in [0, 0.05) is 30.5 Å². The van der Waals surface area contributed by atoms with Gasteiger partial charge in [0.25, 0.3) is 0 Å². The molecule has 29 heavy (non-hydrogen) atoms. The number of anilines is 2. The smallest absolute Gasteiger partial charge is 0.370 e. The summed E-state index contributed by atoms with van der Waals surface area (Å²) in [7, 11) is 0. The predicted molar refractivity (Wildman–Crippen MR) is 96.2 cm³/mol. The molecule has 1 N–H and O–H groups in total. The number of rotatable bonds is 4. The number of alkyl halides is 3. The summed E-state index contributed by atoms with van der Waals surface area (Å²) in [6, 6.07) is 6.62. The van der Waals surface area contributed by atoms with Crippen molar-refractivity contribution in [2.24, 2.45) is 5.92 Å². The predicted octanol–water partition coefficient (Wildman–Crippen LogP) is 4.49. The molecule has 0 radical (unpaired) electrons. The lowest BCUT2D eigenvalue weighted by Gasteiger charge is -2.23. The minimum Gasteiger partial charge on any atom is -0.370 e. The Morgan fingerprint density at radius 1 is 1.24 bits per heavy atom. The monoisotopic (exact) mass is 409 g/mol. The summed E-state index contributed by atoms with van der Waals surface area (Å²) in [6.07, 6.45) is -4.22. The van der Waals surface area contributed by atoms with Crippen molar-refractivity contribution >= 4 is 17.3 Å². The number of fused-ring (bicyclic) bond motifs is 1. The zero-order valence-corrected chi connectivity index (χ0v) is 15.3. The second kappa shape index (κ2) is 7.70. The lowest BCUT2D eigenvalue weighted by molar-refractivity contribution is -0.137. The molecule has 0 aliphatic carbocycles. The van der Waals surface area contributed by atoms with E-state index >= 15 is 0 Å². The van der Waals surface area contributed by atoms with Gasteiger partial charge in [-0.1, -0.05) is 6.92 Å². The number of amides is 1. The first-order chi connectivity index (χ1) is 13.6. The van der Waals surface area contributed by atoms with Gasteiger partial charge >= 0.3 is 6.18 Å². The van der Waals surface area contributed by atoms with Gasteiger partial charge in [0.05, 0.1) is 23.1 Å². The third-order valence-corrected chi connectivity index (χ3v) is 4.77. The van der Waals surface area contributed by atoms with Crippen molar-refractivity contribution in [2.45, 2.75) is 19.5 Å². The number of nitrogens with one attached hydrogen (secondary N) is 1. The van der Waals surface area contributed by atoms with Crippen LogP contribution in [0.2, 0.25) is 0 Å². The molecular formula is C20H16F5N3O. The maximum Gasteiger partial charge on any atom is 0.417 e. The number of hydrogen-bond donors (Lipinski definition) is 1. The van der Waals surface area contributed by atoms with Crippen LogP contribution in [0.15, 0.2) is 30.3 Å². The summed E-state index contributed by atoms with van der Waals surface area (Å²) < 4.78 is 66.0. The normalized spacial score (nSPS) is 14.3. The first kappa shape index (κ1) is 20.6. The summed E-state index contributed by atoms with van der Waals surface area (Å²) in [4.78, 5) is 14.2. The quantitative estimate of drug-likeness (QED) is 0.757. The van der Waals surface area contributed by atoms with Gasteiger partial charge in [-0.3, -0.25) is 4.79 Å². The Hall–Kier alpha value is -3.15. The van der Waals surface area contributed by atoms with E-state index in [0.29, 0.717) is 30.3 Å². The lowest BCUT2D eigenvalue weighted by Crippen LogP contribution is -2.33. The van der Waals surface area contributed by atoms with Crippen molar-refractivity contribution < 1.29 is 26.7 Å². The van der Waals surface area contributed by atoms with Gasteiger partial charge in [0.15, 0.2) is 11.6 Å². The Balaban J connectivity index is 1.72. The Kier molecular flexibility index (Phi) is 5.46. The lowest BCUT2D eigenvalue weighted by atomic mass is 10.1. The fourth-order valence-corrected chi connectivity index (χ4v) is 3.27. The number of hydrogen-bond acceptors (Lipinski definition) is 3. The molecule has 1 atom stereocenters. The minimum atomic E-state index is -4.73. The number of carbonyl (C=O) groups excluding carboxylic acids is 1. The first-order valence-corrected chi connectivity index (χ1v) is 8.75. The first-order valence-electron chi connectivity index (χ1n) is 8.75. The minimum absolute atomic E-state index is 0.0805. The van der Waals surface area contributed by atoms with Gasteiger partial charge in [0.1, 0.15) is 0 Å². The van der Waals surface area contributed by atoms with Crippen molar-refractivity contribution in [3.63, 3.8) is 0 Å². The fraction of sp³-hybridized carbons (Fsp3) is 0.300. The SMILES string of the molecule is C[C@H](CN1CCc2cc(F)c(F)cc21)C(=O)Nc1ccc(C#N)c(C(F)(F)F)c1. The number of nitrogens with zero attached hydrogens (tertiary/aromatic N) is 2. The van der Waals surface area contributed by atoms with Crippen LogP contribution in [0.4, 0.5) is 33.3 Å². The standard InChI is InChI=1S/C20H16F5N3O/c1-11(10-28-5-4-12-6-16(21)17(22)8-18(12)28)19(29)27-14-3-2-13(9-26)15(7-14)20(23,24)25/h2-3,6-8,11H,4-5,10H2,1H3,(H,27,29)/t11-/m1/s1. The molecule has 2 aromatic rings. The Morgan fingerprint density at radius 3 is 2.59 bits per heavy atom. The van der Waals surface area contributed by atoms with Crippen LogP contribution < -0.4 is 10.2 Å². The molecule has 0 saturated carbocycles. The van der Waals surface area contributed by atoms with Crippen molar-refractivity contribution in [3.8, 4) is 6.07 Å². The average molecular weight is 409 g/mol. The second-order valence-corrected chi connectivity index (χ2v) is 6.85. The van der Waals surface area contributed by atoms with Crippen LogP contribution in [0.5, 0.6) is 0 Å². The maximum absolute atomic E-state index is 13.5. The van der Waals surface area contributed by atoms with Crippen molar-refractivity contribution in [2.75, 3.05) is 23.3 Å². The van der Waals surface area contributed by atoms with Gasteiger partial charge in [0.2, 0.25) is 5.91 Å². The van der Waals surface area contributed by atoms with Crippen LogP contribution >= 0.6 is 0 Å². The molecule has 2 aromatic carbocycles. The summed E-state index contributed by atoms with van der Waals surface area (Å²) in [5, 5.41) is 11.2. The molecule has 152 valence electrons. The maximum atomic E-state index is 13.5. The third kappa shape index (κ3) is 4.31. The molecule has 0 bridgehead atoms. The van der Waals surface area contributed by atoms with E-state index in [9.17, 15) is 26.7 Å². The van der Waals surface area contributed by atoms with Crippen LogP contribution in [-0.4, -0.2) is 19.0 Å². The van der Waals surface area contributed by atoms with Crippen LogP contribution in [0.25, 0.3) is 0 Å². The van der Waals surface area contributed by atoms with E-state index in [1.54, 1.807) is 11.8 Å². The highest BCUT2D eigenvalue weighted by atomic mass is 19.4. The molecule has 0 spiro atoms. The molecule has 9 heteroatoms.